The lowest BCUT2D eigenvalue weighted by Crippen LogP contribution is -2.41. The minimum absolute atomic E-state index is 0.281. The van der Waals surface area contributed by atoms with Gasteiger partial charge in [-0.3, -0.25) is 4.99 Å². The minimum Gasteiger partial charge on any atom is -0.497 e. The molecule has 0 aliphatic carbocycles. The summed E-state index contributed by atoms with van der Waals surface area (Å²) in [4.78, 5) is 4.17. The first kappa shape index (κ1) is 22.2. The van der Waals surface area contributed by atoms with Crippen LogP contribution in [0.15, 0.2) is 51.0 Å². The second kappa shape index (κ2) is 11.0. The first-order valence-electron chi connectivity index (χ1n) is 9.08. The fraction of sp³-hybridized carbons (Fsp3) is 0.421. The van der Waals surface area contributed by atoms with Gasteiger partial charge in [0.2, 0.25) is 10.0 Å². The summed E-state index contributed by atoms with van der Waals surface area (Å²) in [5.41, 5.74) is 1.26. The SMILES string of the molecule is CN=C(NCCNS(=O)(=O)c1cccs1)NCCC(C)c1ccc(OC)cc1. The van der Waals surface area contributed by atoms with Crippen molar-refractivity contribution in [3.8, 4) is 5.75 Å². The zero-order chi connectivity index (χ0) is 20.4. The van der Waals surface area contributed by atoms with Crippen molar-refractivity contribution in [1.82, 2.24) is 15.4 Å². The molecule has 0 amide bonds. The van der Waals surface area contributed by atoms with E-state index >= 15 is 0 Å². The number of nitrogens with one attached hydrogen (secondary N) is 3. The molecule has 0 fully saturated rings. The summed E-state index contributed by atoms with van der Waals surface area (Å²) >= 11 is 1.20. The molecule has 1 aromatic heterocycles. The summed E-state index contributed by atoms with van der Waals surface area (Å²) in [5, 5.41) is 8.11. The highest BCUT2D eigenvalue weighted by Crippen LogP contribution is 2.21. The van der Waals surface area contributed by atoms with Gasteiger partial charge in [0.1, 0.15) is 9.96 Å². The van der Waals surface area contributed by atoms with Gasteiger partial charge in [-0.25, -0.2) is 13.1 Å². The standard InChI is InChI=1S/C19H28N4O3S2/c1-15(16-6-8-17(26-3)9-7-16)10-11-21-19(20-2)22-12-13-23-28(24,25)18-5-4-14-27-18/h4-9,14-15,23H,10-13H2,1-3H3,(H2,20,21,22). The van der Waals surface area contributed by atoms with Crippen molar-refractivity contribution in [1.29, 1.82) is 0 Å². The van der Waals surface area contributed by atoms with E-state index in [2.05, 4.69) is 39.4 Å². The fourth-order valence-corrected chi connectivity index (χ4v) is 4.65. The maximum Gasteiger partial charge on any atom is 0.250 e. The van der Waals surface area contributed by atoms with Gasteiger partial charge < -0.3 is 15.4 Å². The molecule has 0 saturated heterocycles. The number of guanidine groups is 1. The van der Waals surface area contributed by atoms with E-state index in [9.17, 15) is 8.42 Å². The molecule has 0 bridgehead atoms. The van der Waals surface area contributed by atoms with Crippen LogP contribution >= 0.6 is 11.3 Å². The number of hydrogen-bond donors (Lipinski definition) is 3. The Kier molecular flexibility index (Phi) is 8.75. The Hall–Kier alpha value is -2.10. The number of thiophene rings is 1. The third kappa shape index (κ3) is 6.81. The third-order valence-corrected chi connectivity index (χ3v) is 7.11. The second-order valence-corrected chi connectivity index (χ2v) is 9.16. The fourth-order valence-electron chi connectivity index (χ4n) is 2.58. The Labute approximate surface area is 171 Å². The monoisotopic (exact) mass is 424 g/mol. The summed E-state index contributed by atoms with van der Waals surface area (Å²) in [5.74, 6) is 1.90. The molecule has 1 atom stereocenters. The summed E-state index contributed by atoms with van der Waals surface area (Å²) in [6.07, 6.45) is 0.942. The van der Waals surface area contributed by atoms with Crippen LogP contribution in [0.4, 0.5) is 0 Å². The normalized spacial score (nSPS) is 13.2. The largest absolute Gasteiger partial charge is 0.497 e. The van der Waals surface area contributed by atoms with E-state index in [-0.39, 0.29) is 6.54 Å². The Balaban J connectivity index is 1.68. The van der Waals surface area contributed by atoms with E-state index in [0.717, 1.165) is 18.7 Å². The number of aliphatic imine (C=N–C) groups is 1. The van der Waals surface area contributed by atoms with Gasteiger partial charge in [0.25, 0.3) is 0 Å². The predicted octanol–water partition coefficient (Wildman–Crippen LogP) is 2.39. The molecule has 7 nitrogen and oxygen atoms in total. The topological polar surface area (TPSA) is 91.8 Å². The van der Waals surface area contributed by atoms with Crippen LogP contribution in [0.3, 0.4) is 0 Å². The van der Waals surface area contributed by atoms with Gasteiger partial charge in [-0.15, -0.1) is 11.3 Å². The minimum atomic E-state index is -3.43. The van der Waals surface area contributed by atoms with Gasteiger partial charge in [-0.05, 0) is 41.5 Å². The van der Waals surface area contributed by atoms with Crippen LogP contribution in [0.2, 0.25) is 0 Å². The van der Waals surface area contributed by atoms with Crippen LogP contribution in [0, 0.1) is 0 Å². The third-order valence-electron chi connectivity index (χ3n) is 4.25. The van der Waals surface area contributed by atoms with Gasteiger partial charge in [-0.1, -0.05) is 25.1 Å². The summed E-state index contributed by atoms with van der Waals surface area (Å²) in [7, 11) is -0.0729. The zero-order valence-electron chi connectivity index (χ0n) is 16.4. The molecule has 1 aromatic carbocycles. The van der Waals surface area contributed by atoms with Crippen molar-refractivity contribution in [3.05, 3.63) is 47.3 Å². The van der Waals surface area contributed by atoms with E-state index in [1.165, 1.54) is 16.9 Å². The molecular formula is C19H28N4O3S2. The number of hydrogen-bond acceptors (Lipinski definition) is 5. The molecule has 1 heterocycles. The van der Waals surface area contributed by atoms with Gasteiger partial charge in [-0.2, -0.15) is 0 Å². The number of methoxy groups -OCH3 is 1. The van der Waals surface area contributed by atoms with Gasteiger partial charge in [0, 0.05) is 26.7 Å². The summed E-state index contributed by atoms with van der Waals surface area (Å²) in [6, 6.07) is 11.4. The summed E-state index contributed by atoms with van der Waals surface area (Å²) in [6.45, 7) is 3.66. The summed E-state index contributed by atoms with van der Waals surface area (Å²) < 4.78 is 32.2. The van der Waals surface area contributed by atoms with Crippen LogP contribution < -0.4 is 20.1 Å². The second-order valence-electron chi connectivity index (χ2n) is 6.22. The molecular weight excluding hydrogens is 396 g/mol. The smallest absolute Gasteiger partial charge is 0.250 e. The lowest BCUT2D eigenvalue weighted by atomic mass is 9.98. The number of nitrogens with zero attached hydrogens (tertiary/aromatic N) is 1. The van der Waals surface area contributed by atoms with Crippen molar-refractivity contribution < 1.29 is 13.2 Å². The van der Waals surface area contributed by atoms with E-state index in [4.69, 9.17) is 4.74 Å². The molecule has 2 rings (SSSR count). The van der Waals surface area contributed by atoms with Gasteiger partial charge in [0.15, 0.2) is 5.96 Å². The van der Waals surface area contributed by atoms with Crippen molar-refractivity contribution in [2.75, 3.05) is 33.8 Å². The first-order valence-corrected chi connectivity index (χ1v) is 11.4. The molecule has 3 N–H and O–H groups in total. The van der Waals surface area contributed by atoms with Gasteiger partial charge >= 0.3 is 0 Å². The molecule has 1 unspecified atom stereocenters. The van der Waals surface area contributed by atoms with Crippen LogP contribution in [0.1, 0.15) is 24.8 Å². The zero-order valence-corrected chi connectivity index (χ0v) is 18.1. The van der Waals surface area contributed by atoms with Crippen molar-refractivity contribution in [2.24, 2.45) is 4.99 Å². The number of rotatable bonds is 10. The van der Waals surface area contributed by atoms with Gasteiger partial charge in [0.05, 0.1) is 7.11 Å². The van der Waals surface area contributed by atoms with Crippen LogP contribution in [0.5, 0.6) is 5.75 Å². The Morgan fingerprint density at radius 2 is 1.86 bits per heavy atom. The average molecular weight is 425 g/mol. The van der Waals surface area contributed by atoms with Crippen LogP contribution in [0.25, 0.3) is 0 Å². The highest BCUT2D eigenvalue weighted by atomic mass is 32.2. The quantitative estimate of drug-likeness (QED) is 0.309. The molecule has 0 aliphatic rings. The Morgan fingerprint density at radius 1 is 1.14 bits per heavy atom. The van der Waals surface area contributed by atoms with Crippen molar-refractivity contribution >= 4 is 27.3 Å². The van der Waals surface area contributed by atoms with Crippen molar-refractivity contribution in [2.45, 2.75) is 23.5 Å². The number of sulfonamides is 1. The first-order chi connectivity index (χ1) is 13.5. The van der Waals surface area contributed by atoms with E-state index < -0.39 is 10.0 Å². The van der Waals surface area contributed by atoms with Crippen LogP contribution in [-0.4, -0.2) is 48.2 Å². The average Bonchev–Trinajstić information content (AvgIpc) is 3.25. The van der Waals surface area contributed by atoms with Crippen LogP contribution in [-0.2, 0) is 10.0 Å². The molecule has 0 aliphatic heterocycles. The molecule has 0 spiro atoms. The van der Waals surface area contributed by atoms with E-state index in [0.29, 0.717) is 22.6 Å². The van der Waals surface area contributed by atoms with Crippen molar-refractivity contribution in [3.63, 3.8) is 0 Å². The maximum absolute atomic E-state index is 12.0. The molecule has 2 aromatic rings. The maximum atomic E-state index is 12.0. The molecule has 0 radical (unpaired) electrons. The molecule has 0 saturated carbocycles. The number of ether oxygens (including phenoxy) is 1. The highest BCUT2D eigenvalue weighted by molar-refractivity contribution is 7.91. The Morgan fingerprint density at radius 3 is 2.46 bits per heavy atom. The van der Waals surface area contributed by atoms with E-state index in [1.54, 1.807) is 31.7 Å². The van der Waals surface area contributed by atoms with E-state index in [1.807, 2.05) is 12.1 Å². The number of benzene rings is 1. The lowest BCUT2D eigenvalue weighted by molar-refractivity contribution is 0.414. The highest BCUT2D eigenvalue weighted by Gasteiger charge is 2.13. The molecule has 154 valence electrons. The molecule has 28 heavy (non-hydrogen) atoms. The predicted molar refractivity (Wildman–Crippen MR) is 115 cm³/mol. The lowest BCUT2D eigenvalue weighted by Gasteiger charge is -2.15. The molecule has 9 heteroatoms. The Bertz CT molecular complexity index is 835.